The van der Waals surface area contributed by atoms with Gasteiger partial charge in [-0.25, -0.2) is 33.4 Å². The number of nitrogens with one attached hydrogen (secondary N) is 3. The van der Waals surface area contributed by atoms with Crippen molar-refractivity contribution in [3.63, 3.8) is 0 Å². The van der Waals surface area contributed by atoms with Crippen molar-refractivity contribution in [3.8, 4) is 0 Å². The van der Waals surface area contributed by atoms with Gasteiger partial charge in [0.1, 0.15) is 24.2 Å². The molecule has 3 unspecified atom stereocenters. The molecule has 3 N–H and O–H groups in total. The van der Waals surface area contributed by atoms with Crippen LogP contribution < -0.4 is 16.0 Å². The minimum atomic E-state index is -0.882. The summed E-state index contributed by atoms with van der Waals surface area (Å²) in [6.45, 7) is 18.9. The summed E-state index contributed by atoms with van der Waals surface area (Å²) in [7, 11) is 5.97. The maximum Gasteiger partial charge on any atom is 0.337 e. The molecule has 0 radical (unpaired) electrons. The summed E-state index contributed by atoms with van der Waals surface area (Å²) >= 11 is 0. The van der Waals surface area contributed by atoms with Crippen LogP contribution in [0, 0.1) is 20.2 Å². The first kappa shape index (κ1) is 70.7. The molecule has 0 saturated carbocycles. The number of rotatable bonds is 21. The van der Waals surface area contributed by atoms with Gasteiger partial charge in [-0.15, -0.1) is 0 Å². The van der Waals surface area contributed by atoms with Crippen molar-refractivity contribution >= 4 is 58.2 Å². The Bertz CT molecular complexity index is 3820. The van der Waals surface area contributed by atoms with E-state index in [2.05, 4.69) is 26.3 Å². The number of carbonyl (C=O) groups is 6. The summed E-state index contributed by atoms with van der Waals surface area (Å²) < 4.78 is 41.4. The highest BCUT2D eigenvalue weighted by atomic mass is 16.6. The molecule has 0 saturated heterocycles. The Morgan fingerprint density at radius 2 is 0.935 bits per heavy atom. The van der Waals surface area contributed by atoms with Gasteiger partial charge in [0, 0.05) is 78.6 Å². The third-order valence-corrected chi connectivity index (χ3v) is 14.6. The average Bonchev–Trinajstić information content (AvgIpc) is 1.02. The highest BCUT2D eigenvalue weighted by molar-refractivity contribution is 6.03. The first-order valence-electron chi connectivity index (χ1n) is 29.1. The smallest absolute Gasteiger partial charge is 0.337 e. The van der Waals surface area contributed by atoms with Gasteiger partial charge in [0.2, 0.25) is 0 Å². The van der Waals surface area contributed by atoms with Gasteiger partial charge in [-0.1, -0.05) is 66.7 Å². The van der Waals surface area contributed by atoms with Gasteiger partial charge in [0.05, 0.1) is 94.1 Å². The fraction of sp³-hybridized carbons (Fsp3) is 0.364. The van der Waals surface area contributed by atoms with Gasteiger partial charge in [0.25, 0.3) is 11.4 Å². The van der Waals surface area contributed by atoms with Crippen LogP contribution in [0.15, 0.2) is 169 Å². The second kappa shape index (κ2) is 32.4. The lowest BCUT2D eigenvalue weighted by molar-refractivity contribution is -0.385. The maximum atomic E-state index is 13.3. The molecule has 0 fully saturated rings. The van der Waals surface area contributed by atoms with Crippen molar-refractivity contribution in [1.82, 2.24) is 31.2 Å². The summed E-state index contributed by atoms with van der Waals surface area (Å²) in [4.78, 5) is 101. The van der Waals surface area contributed by atoms with Gasteiger partial charge in [-0.3, -0.25) is 25.1 Å². The number of hydrogen-bond donors (Lipinski definition) is 3. The summed E-state index contributed by atoms with van der Waals surface area (Å²) in [5.41, 5.74) is 7.96. The maximum absolute atomic E-state index is 13.3. The molecule has 0 spiro atoms. The molecule has 0 bridgehead atoms. The third kappa shape index (κ3) is 17.3. The Hall–Kier alpha value is -10.3. The van der Waals surface area contributed by atoms with E-state index in [1.807, 2.05) is 42.3 Å². The number of nitro groups is 2. The molecule has 0 aliphatic carbocycles. The molecule has 4 aromatic carbocycles. The van der Waals surface area contributed by atoms with E-state index in [1.165, 1.54) is 57.7 Å². The van der Waals surface area contributed by atoms with Gasteiger partial charge in [-0.2, -0.15) is 0 Å². The fourth-order valence-electron chi connectivity index (χ4n) is 10.7. The molecule has 26 heteroatoms. The quantitative estimate of drug-likeness (QED) is 0.0202. The number of non-ortho nitro benzene ring substituents is 2. The number of esters is 6. The van der Waals surface area contributed by atoms with Crippen LogP contribution in [0.3, 0.4) is 0 Å². The Morgan fingerprint density at radius 1 is 0.522 bits per heavy atom. The molecule has 26 nitrogen and oxygen atoms in total. The molecule has 4 heterocycles. The van der Waals surface area contributed by atoms with Gasteiger partial charge >= 0.3 is 35.8 Å². The van der Waals surface area contributed by atoms with E-state index in [0.29, 0.717) is 86.1 Å². The van der Waals surface area contributed by atoms with E-state index >= 15 is 0 Å². The van der Waals surface area contributed by atoms with E-state index in [9.17, 15) is 49.0 Å². The number of carbonyl (C=O) groups excluding carboxylic acids is 6. The number of benzene rings is 4. The molecule has 92 heavy (non-hydrogen) atoms. The summed E-state index contributed by atoms with van der Waals surface area (Å²) in [6.07, 6.45) is -0.691. The Kier molecular flexibility index (Phi) is 24.9. The van der Waals surface area contributed by atoms with Crippen molar-refractivity contribution in [1.29, 1.82) is 0 Å². The Balaban J connectivity index is 0.000000221. The van der Waals surface area contributed by atoms with Crippen LogP contribution in [-0.2, 0) is 68.5 Å². The van der Waals surface area contributed by atoms with Crippen LogP contribution in [0.2, 0.25) is 0 Å². The zero-order valence-corrected chi connectivity index (χ0v) is 53.7. The molecule has 1 aromatic heterocycles. The van der Waals surface area contributed by atoms with E-state index in [0.717, 1.165) is 5.56 Å². The molecule has 488 valence electrons. The number of fused-ring (bicyclic) bond motifs is 1. The normalized spacial score (nSPS) is 16.4. The second-order valence-corrected chi connectivity index (χ2v) is 22.0. The van der Waals surface area contributed by atoms with Crippen LogP contribution in [0.25, 0.3) is 11.0 Å². The van der Waals surface area contributed by atoms with Crippen LogP contribution in [-0.4, -0.2) is 128 Å². The number of allylic oxidation sites excluding steroid dienone is 6. The number of nitro benzene ring substituents is 2. The predicted molar refractivity (Wildman–Crippen MR) is 335 cm³/mol. The van der Waals surface area contributed by atoms with E-state index in [4.69, 9.17) is 37.8 Å². The highest BCUT2D eigenvalue weighted by Crippen LogP contribution is 2.44. The number of likely N-dealkylation sites (N-methyl/N-ethyl adjacent to an activating group) is 1. The predicted octanol–water partition coefficient (Wildman–Crippen LogP) is 9.23. The summed E-state index contributed by atoms with van der Waals surface area (Å²) in [5.74, 6) is -6.02. The summed E-state index contributed by atoms with van der Waals surface area (Å²) in [5, 5.41) is 39.7. The lowest BCUT2D eigenvalue weighted by Gasteiger charge is -2.30. The monoisotopic (exact) mass is 1270 g/mol. The van der Waals surface area contributed by atoms with Crippen molar-refractivity contribution in [2.24, 2.45) is 0 Å². The fourth-order valence-corrected chi connectivity index (χ4v) is 10.7. The molecule has 5 aromatic rings. The Labute approximate surface area is 531 Å². The van der Waals surface area contributed by atoms with E-state index in [-0.39, 0.29) is 65.7 Å². The number of hydrogen-bond acceptors (Lipinski definition) is 24. The van der Waals surface area contributed by atoms with Gasteiger partial charge in [-0.05, 0) is 115 Å². The number of ether oxygens (including phenoxy) is 7. The number of methoxy groups -OCH3 is 3. The Morgan fingerprint density at radius 3 is 1.37 bits per heavy atom. The summed E-state index contributed by atoms with van der Waals surface area (Å²) in [6, 6.07) is 27.0. The lowest BCUT2D eigenvalue weighted by Crippen LogP contribution is -2.33. The zero-order chi connectivity index (χ0) is 67.7. The molecule has 3 aliphatic heterocycles. The third-order valence-electron chi connectivity index (χ3n) is 14.6. The largest absolute Gasteiger partial charge is 0.466 e. The molecule has 8 rings (SSSR count). The first-order valence-corrected chi connectivity index (χ1v) is 29.1. The van der Waals surface area contributed by atoms with E-state index in [1.54, 1.807) is 99.6 Å². The first-order chi connectivity index (χ1) is 43.7. The van der Waals surface area contributed by atoms with Crippen molar-refractivity contribution in [3.05, 3.63) is 207 Å². The minimum absolute atomic E-state index is 0.0300. The highest BCUT2D eigenvalue weighted by Gasteiger charge is 2.42. The van der Waals surface area contributed by atoms with Gasteiger partial charge < -0.3 is 49.1 Å². The van der Waals surface area contributed by atoms with Crippen LogP contribution in [0.4, 0.5) is 11.4 Å². The molecular weight excluding hydrogens is 1190 g/mol. The minimum Gasteiger partial charge on any atom is -0.466 e. The lowest BCUT2D eigenvalue weighted by atomic mass is 9.80. The molecule has 0 amide bonds. The molecule has 3 atom stereocenters. The second-order valence-electron chi connectivity index (χ2n) is 22.0. The van der Waals surface area contributed by atoms with Crippen molar-refractivity contribution < 1.29 is 76.4 Å². The van der Waals surface area contributed by atoms with Gasteiger partial charge in [0.15, 0.2) is 0 Å². The number of dihydropyridines is 3. The zero-order valence-electron chi connectivity index (χ0n) is 53.7. The standard InChI is InChI=1S/C26H29N3O6.C21H26N2O7.C19H21N3O5/c1-17-22(25(30)34-4)24(20-11-8-12-21(15-20)29(32)33)23(18(2)27-17)26(31)35-14-13-28(3)16-19-9-6-5-7-10-19;1-12(2)30-21(25)18-14(4)22-13(3)17(20(24)29-10-9-28-5)19(18)15-7-6-8-16(11-15)23(26)27;1-9(2)26-19(24)15-11(4)20-10(3)14(18(23)25-5)16(15)12-7-6-8-13-17(12)22-27-21-13/h5-12,15,24,27H,13-14,16H2,1-4H3;6-8,11-12,19,22H,9-10H2,1-5H3;6-9,16,20H,1-5H3. The van der Waals surface area contributed by atoms with Crippen molar-refractivity contribution in [2.45, 2.75) is 106 Å². The number of aromatic nitrogens is 2. The average molecular weight is 1270 g/mol. The molecule has 3 aliphatic rings. The van der Waals surface area contributed by atoms with Crippen molar-refractivity contribution in [2.75, 3.05) is 54.7 Å². The van der Waals surface area contributed by atoms with Crippen LogP contribution >= 0.6 is 0 Å². The van der Waals surface area contributed by atoms with Crippen LogP contribution in [0.5, 0.6) is 0 Å². The van der Waals surface area contributed by atoms with E-state index < -0.39 is 63.4 Å². The molecular formula is C66H76N8O18. The topological polar surface area (TPSA) is 332 Å². The number of nitrogens with zero attached hydrogens (tertiary/aromatic N) is 5. The SMILES string of the molecule is COC(=O)C1=C(C)NC(C)=C(C(=O)OC(C)C)C1c1cccc2nonc12.COC(=O)C1=C(C)NC(C)=C(C(=O)OCCN(C)Cc2ccccc2)C1c1cccc([N+](=O)[O-])c1.COCCOC(=O)C1=C(C)NC(C)=C(C(=O)OC(C)C)C1c1cccc([N+](=O)[O-])c1. The van der Waals surface area contributed by atoms with Crippen LogP contribution in [0.1, 0.15) is 109 Å².